The molecule has 0 fully saturated rings. The highest BCUT2D eigenvalue weighted by molar-refractivity contribution is 5.62. The Balaban J connectivity index is 1.84. The molecule has 7 nitrogen and oxygen atoms in total. The molecule has 3 rings (SSSR count). The van der Waals surface area contributed by atoms with Gasteiger partial charge in [0.1, 0.15) is 5.75 Å². The molecular formula is C18H19N5O2. The van der Waals surface area contributed by atoms with E-state index in [-0.39, 0.29) is 17.2 Å². The SMILES string of the molecule is COc1ccc(-c2nnc(Nc3cccc(N(C)C)c3)[nH]c2=O)cc1. The number of nitrogens with zero attached hydrogens (tertiary/aromatic N) is 3. The van der Waals surface area contributed by atoms with Gasteiger partial charge in [0.05, 0.1) is 7.11 Å². The molecule has 128 valence electrons. The molecule has 0 amide bonds. The summed E-state index contributed by atoms with van der Waals surface area (Å²) < 4.78 is 5.11. The lowest BCUT2D eigenvalue weighted by Crippen LogP contribution is -2.15. The van der Waals surface area contributed by atoms with Gasteiger partial charge >= 0.3 is 0 Å². The van der Waals surface area contributed by atoms with Gasteiger partial charge in [-0.2, -0.15) is 0 Å². The van der Waals surface area contributed by atoms with Crippen LogP contribution in [-0.2, 0) is 0 Å². The van der Waals surface area contributed by atoms with Crippen molar-refractivity contribution >= 4 is 17.3 Å². The van der Waals surface area contributed by atoms with E-state index < -0.39 is 0 Å². The normalized spacial score (nSPS) is 10.4. The van der Waals surface area contributed by atoms with Crippen LogP contribution in [-0.4, -0.2) is 36.4 Å². The topological polar surface area (TPSA) is 83.1 Å². The van der Waals surface area contributed by atoms with E-state index in [0.717, 1.165) is 11.4 Å². The molecule has 2 aromatic carbocycles. The second-order valence-corrected chi connectivity index (χ2v) is 5.65. The first-order valence-electron chi connectivity index (χ1n) is 7.72. The largest absolute Gasteiger partial charge is 0.497 e. The van der Waals surface area contributed by atoms with E-state index >= 15 is 0 Å². The third-order valence-electron chi connectivity index (χ3n) is 3.69. The maximum atomic E-state index is 12.3. The van der Waals surface area contributed by atoms with Gasteiger partial charge in [-0.3, -0.25) is 9.78 Å². The molecule has 0 bridgehead atoms. The molecule has 0 spiro atoms. The second-order valence-electron chi connectivity index (χ2n) is 5.65. The van der Waals surface area contributed by atoms with Crippen molar-refractivity contribution in [3.05, 3.63) is 58.9 Å². The Hall–Kier alpha value is -3.35. The summed E-state index contributed by atoms with van der Waals surface area (Å²) in [6, 6.07) is 14.9. The van der Waals surface area contributed by atoms with Crippen LogP contribution in [0.1, 0.15) is 0 Å². The van der Waals surface area contributed by atoms with Crippen LogP contribution in [0, 0.1) is 0 Å². The van der Waals surface area contributed by atoms with Gasteiger partial charge in [-0.25, -0.2) is 0 Å². The minimum absolute atomic E-state index is 0.259. The summed E-state index contributed by atoms with van der Waals surface area (Å²) in [6.45, 7) is 0. The van der Waals surface area contributed by atoms with Crippen molar-refractivity contribution in [2.24, 2.45) is 0 Å². The first-order valence-corrected chi connectivity index (χ1v) is 7.72. The minimum Gasteiger partial charge on any atom is -0.497 e. The summed E-state index contributed by atoms with van der Waals surface area (Å²) in [4.78, 5) is 17.0. The van der Waals surface area contributed by atoms with Gasteiger partial charge in [-0.15, -0.1) is 10.2 Å². The standard InChI is InChI=1S/C18H19N5O2/c1-23(2)14-6-4-5-13(11-14)19-18-20-17(24)16(21-22-18)12-7-9-15(25-3)10-8-12/h4-11H,1-3H3,(H2,19,20,22,24). The van der Waals surface area contributed by atoms with Crippen LogP contribution in [0.25, 0.3) is 11.3 Å². The Morgan fingerprint density at radius 2 is 1.84 bits per heavy atom. The second kappa shape index (κ2) is 7.04. The first-order chi connectivity index (χ1) is 12.1. The molecule has 0 saturated heterocycles. The van der Waals surface area contributed by atoms with E-state index in [1.54, 1.807) is 31.4 Å². The quantitative estimate of drug-likeness (QED) is 0.745. The zero-order chi connectivity index (χ0) is 17.8. The number of anilines is 3. The molecule has 0 aliphatic carbocycles. The van der Waals surface area contributed by atoms with Gasteiger partial charge in [0, 0.05) is 31.0 Å². The van der Waals surface area contributed by atoms with Gasteiger partial charge in [0.2, 0.25) is 5.95 Å². The summed E-state index contributed by atoms with van der Waals surface area (Å²) in [5.41, 5.74) is 2.47. The number of hydrogen-bond acceptors (Lipinski definition) is 6. The Kier molecular flexibility index (Phi) is 4.65. The number of rotatable bonds is 5. The fraction of sp³-hybridized carbons (Fsp3) is 0.167. The highest BCUT2D eigenvalue weighted by atomic mass is 16.5. The molecule has 0 aliphatic rings. The monoisotopic (exact) mass is 337 g/mol. The lowest BCUT2D eigenvalue weighted by molar-refractivity contribution is 0.415. The smallest absolute Gasteiger partial charge is 0.279 e. The molecule has 0 radical (unpaired) electrons. The van der Waals surface area contributed by atoms with Crippen LogP contribution >= 0.6 is 0 Å². The van der Waals surface area contributed by atoms with Gasteiger partial charge < -0.3 is 15.0 Å². The fourth-order valence-corrected chi connectivity index (χ4v) is 2.33. The molecule has 0 atom stereocenters. The zero-order valence-electron chi connectivity index (χ0n) is 14.3. The fourth-order valence-electron chi connectivity index (χ4n) is 2.33. The molecule has 1 aromatic heterocycles. The molecule has 3 aromatic rings. The highest BCUT2D eigenvalue weighted by Crippen LogP contribution is 2.20. The van der Waals surface area contributed by atoms with Crippen LogP contribution in [0.3, 0.4) is 0 Å². The third kappa shape index (κ3) is 3.77. The summed E-state index contributed by atoms with van der Waals surface area (Å²) in [6.07, 6.45) is 0. The van der Waals surface area contributed by atoms with E-state index in [0.29, 0.717) is 11.3 Å². The molecule has 2 N–H and O–H groups in total. The molecule has 1 heterocycles. The number of hydrogen-bond donors (Lipinski definition) is 2. The number of benzene rings is 2. The average Bonchev–Trinajstić information content (AvgIpc) is 2.62. The van der Waals surface area contributed by atoms with Crippen molar-refractivity contribution in [2.45, 2.75) is 0 Å². The number of aromatic nitrogens is 3. The van der Waals surface area contributed by atoms with E-state index in [2.05, 4.69) is 20.5 Å². The van der Waals surface area contributed by atoms with Gasteiger partial charge in [-0.05, 0) is 42.5 Å². The summed E-state index contributed by atoms with van der Waals surface area (Å²) in [5.74, 6) is 1.00. The van der Waals surface area contributed by atoms with Crippen LogP contribution in [0.5, 0.6) is 5.75 Å². The Labute approximate surface area is 145 Å². The Morgan fingerprint density at radius 3 is 2.48 bits per heavy atom. The number of methoxy groups -OCH3 is 1. The van der Waals surface area contributed by atoms with Gasteiger partial charge in [0.25, 0.3) is 5.56 Å². The summed E-state index contributed by atoms with van der Waals surface area (Å²) in [5, 5.41) is 11.2. The lowest BCUT2D eigenvalue weighted by Gasteiger charge is -2.14. The van der Waals surface area contributed by atoms with E-state index in [1.165, 1.54) is 0 Å². The average molecular weight is 337 g/mol. The van der Waals surface area contributed by atoms with Crippen molar-refractivity contribution in [1.82, 2.24) is 15.2 Å². The molecule has 0 saturated carbocycles. The summed E-state index contributed by atoms with van der Waals surface area (Å²) in [7, 11) is 5.52. The number of nitrogens with one attached hydrogen (secondary N) is 2. The molecular weight excluding hydrogens is 318 g/mol. The van der Waals surface area contributed by atoms with Crippen LogP contribution in [0.15, 0.2) is 53.3 Å². The van der Waals surface area contributed by atoms with E-state index in [1.807, 2.05) is 43.3 Å². The van der Waals surface area contributed by atoms with Gasteiger partial charge in [0.15, 0.2) is 5.69 Å². The lowest BCUT2D eigenvalue weighted by atomic mass is 10.1. The van der Waals surface area contributed by atoms with Crippen molar-refractivity contribution in [2.75, 3.05) is 31.4 Å². The summed E-state index contributed by atoms with van der Waals surface area (Å²) >= 11 is 0. The molecule has 25 heavy (non-hydrogen) atoms. The van der Waals surface area contributed by atoms with Crippen molar-refractivity contribution in [1.29, 1.82) is 0 Å². The Bertz CT molecular complexity index is 919. The zero-order valence-corrected chi connectivity index (χ0v) is 14.3. The molecule has 0 aliphatic heterocycles. The van der Waals surface area contributed by atoms with Crippen LogP contribution < -0.4 is 20.5 Å². The number of aromatic amines is 1. The number of ether oxygens (including phenoxy) is 1. The first kappa shape index (κ1) is 16.5. The van der Waals surface area contributed by atoms with Crippen LogP contribution in [0.2, 0.25) is 0 Å². The van der Waals surface area contributed by atoms with Crippen molar-refractivity contribution in [3.63, 3.8) is 0 Å². The van der Waals surface area contributed by atoms with E-state index in [9.17, 15) is 4.79 Å². The predicted molar refractivity (Wildman–Crippen MR) is 98.7 cm³/mol. The van der Waals surface area contributed by atoms with Crippen molar-refractivity contribution in [3.8, 4) is 17.0 Å². The van der Waals surface area contributed by atoms with Gasteiger partial charge in [-0.1, -0.05) is 6.07 Å². The number of H-pyrrole nitrogens is 1. The minimum atomic E-state index is -0.313. The maximum Gasteiger partial charge on any atom is 0.279 e. The highest BCUT2D eigenvalue weighted by Gasteiger charge is 2.08. The third-order valence-corrected chi connectivity index (χ3v) is 3.69. The maximum absolute atomic E-state index is 12.3. The molecule has 0 unspecified atom stereocenters. The van der Waals surface area contributed by atoms with Crippen molar-refractivity contribution < 1.29 is 4.74 Å². The molecule has 7 heteroatoms. The Morgan fingerprint density at radius 1 is 1.08 bits per heavy atom. The predicted octanol–water partition coefficient (Wildman–Crippen LogP) is 2.65. The van der Waals surface area contributed by atoms with E-state index in [4.69, 9.17) is 4.74 Å². The van der Waals surface area contributed by atoms with Crippen LogP contribution in [0.4, 0.5) is 17.3 Å².